The van der Waals surface area contributed by atoms with Gasteiger partial charge in [0.25, 0.3) is 11.6 Å². The Bertz CT molecular complexity index is 913. The van der Waals surface area contributed by atoms with Gasteiger partial charge >= 0.3 is 0 Å². The van der Waals surface area contributed by atoms with Crippen molar-refractivity contribution in [3.63, 3.8) is 0 Å². The van der Waals surface area contributed by atoms with Gasteiger partial charge in [-0.05, 0) is 39.8 Å². The van der Waals surface area contributed by atoms with Crippen LogP contribution in [0.15, 0.2) is 16.7 Å². The predicted molar refractivity (Wildman–Crippen MR) is 95.3 cm³/mol. The van der Waals surface area contributed by atoms with Crippen LogP contribution in [0.5, 0.6) is 0 Å². The standard InChI is InChI=1S/C17H20N4O2S/c1-8(7-18)19-16(22)13-6-14(12-5-9(2)24-11(12)4)20-17-15(13)10(3)21-23-17/h5-6,8H,7,18H2,1-4H3,(H,19,22)/t8-/m0/s1. The SMILES string of the molecule is Cc1cc(-c2cc(C(=O)N[C@@H](C)CN)c3c(C)noc3n2)c(C)s1. The fourth-order valence-electron chi connectivity index (χ4n) is 2.66. The quantitative estimate of drug-likeness (QED) is 0.759. The molecule has 0 aliphatic heterocycles. The van der Waals surface area contributed by atoms with E-state index < -0.39 is 0 Å². The maximum Gasteiger partial charge on any atom is 0.259 e. The molecule has 0 unspecified atom stereocenters. The molecule has 0 saturated heterocycles. The van der Waals surface area contributed by atoms with Gasteiger partial charge < -0.3 is 15.6 Å². The molecule has 0 spiro atoms. The molecule has 3 aromatic rings. The van der Waals surface area contributed by atoms with Crippen molar-refractivity contribution in [1.82, 2.24) is 15.5 Å². The van der Waals surface area contributed by atoms with Crippen LogP contribution < -0.4 is 11.1 Å². The Morgan fingerprint density at radius 3 is 2.75 bits per heavy atom. The number of pyridine rings is 1. The lowest BCUT2D eigenvalue weighted by Crippen LogP contribution is -2.37. The first-order valence-electron chi connectivity index (χ1n) is 7.76. The Balaban J connectivity index is 2.17. The molecule has 0 aliphatic rings. The van der Waals surface area contributed by atoms with Gasteiger partial charge in [-0.15, -0.1) is 11.3 Å². The molecule has 0 fully saturated rings. The fourth-order valence-corrected chi connectivity index (χ4v) is 3.59. The molecule has 1 atom stereocenters. The van der Waals surface area contributed by atoms with E-state index in [2.05, 4.69) is 28.4 Å². The molecule has 3 aromatic heterocycles. The van der Waals surface area contributed by atoms with E-state index in [1.807, 2.05) is 13.8 Å². The minimum Gasteiger partial charge on any atom is -0.348 e. The summed E-state index contributed by atoms with van der Waals surface area (Å²) in [6.45, 7) is 8.13. The largest absolute Gasteiger partial charge is 0.348 e. The average molecular weight is 344 g/mol. The molecule has 0 bridgehead atoms. The number of fused-ring (bicyclic) bond motifs is 1. The first-order valence-corrected chi connectivity index (χ1v) is 8.57. The normalized spacial score (nSPS) is 12.5. The fraction of sp³-hybridized carbons (Fsp3) is 0.353. The minimum absolute atomic E-state index is 0.116. The molecule has 7 heteroatoms. The maximum atomic E-state index is 12.7. The van der Waals surface area contributed by atoms with Gasteiger partial charge in [-0.3, -0.25) is 4.79 Å². The molecule has 0 saturated carbocycles. The molecular weight excluding hydrogens is 324 g/mol. The molecule has 0 aromatic carbocycles. The second-order valence-corrected chi connectivity index (χ2v) is 7.40. The highest BCUT2D eigenvalue weighted by Crippen LogP contribution is 2.32. The number of hydrogen-bond donors (Lipinski definition) is 2. The highest BCUT2D eigenvalue weighted by atomic mass is 32.1. The third kappa shape index (κ3) is 2.92. The zero-order valence-electron chi connectivity index (χ0n) is 14.1. The van der Waals surface area contributed by atoms with E-state index in [1.165, 1.54) is 4.88 Å². The van der Waals surface area contributed by atoms with Gasteiger partial charge in [0.15, 0.2) is 0 Å². The second-order valence-electron chi connectivity index (χ2n) is 5.94. The van der Waals surface area contributed by atoms with Gasteiger partial charge in [-0.2, -0.15) is 0 Å². The topological polar surface area (TPSA) is 94.0 Å². The number of carbonyl (C=O) groups is 1. The second kappa shape index (κ2) is 6.33. The zero-order valence-corrected chi connectivity index (χ0v) is 15.0. The number of amides is 1. The third-order valence-corrected chi connectivity index (χ3v) is 4.88. The van der Waals surface area contributed by atoms with Crippen molar-refractivity contribution in [2.24, 2.45) is 5.73 Å². The lowest BCUT2D eigenvalue weighted by atomic mass is 10.1. The number of thiophene rings is 1. The van der Waals surface area contributed by atoms with Crippen LogP contribution in [-0.2, 0) is 0 Å². The van der Waals surface area contributed by atoms with Crippen LogP contribution >= 0.6 is 11.3 Å². The van der Waals surface area contributed by atoms with E-state index in [1.54, 1.807) is 24.3 Å². The van der Waals surface area contributed by atoms with Crippen LogP contribution in [0.1, 0.15) is 32.7 Å². The van der Waals surface area contributed by atoms with Crippen LogP contribution in [0.25, 0.3) is 22.4 Å². The summed E-state index contributed by atoms with van der Waals surface area (Å²) >= 11 is 1.70. The van der Waals surface area contributed by atoms with Crippen LogP contribution in [0, 0.1) is 20.8 Å². The van der Waals surface area contributed by atoms with Crippen molar-refractivity contribution in [1.29, 1.82) is 0 Å². The van der Waals surface area contributed by atoms with E-state index in [0.717, 1.165) is 10.4 Å². The molecule has 126 valence electrons. The lowest BCUT2D eigenvalue weighted by molar-refractivity contribution is 0.0943. The Kier molecular flexibility index (Phi) is 4.38. The van der Waals surface area contributed by atoms with Crippen molar-refractivity contribution in [2.75, 3.05) is 6.54 Å². The number of rotatable bonds is 4. The minimum atomic E-state index is -0.197. The van der Waals surface area contributed by atoms with Crippen molar-refractivity contribution < 1.29 is 9.32 Å². The molecule has 0 aliphatic carbocycles. The molecule has 24 heavy (non-hydrogen) atoms. The Morgan fingerprint density at radius 1 is 1.38 bits per heavy atom. The molecule has 3 rings (SSSR count). The molecule has 3 N–H and O–H groups in total. The van der Waals surface area contributed by atoms with Gasteiger partial charge in [0.05, 0.1) is 22.3 Å². The molecule has 0 radical (unpaired) electrons. The van der Waals surface area contributed by atoms with Crippen molar-refractivity contribution in [3.05, 3.63) is 33.1 Å². The summed E-state index contributed by atoms with van der Waals surface area (Å²) in [6.07, 6.45) is 0. The van der Waals surface area contributed by atoms with Gasteiger partial charge in [0.1, 0.15) is 0 Å². The summed E-state index contributed by atoms with van der Waals surface area (Å²) in [5.41, 5.74) is 8.86. The average Bonchev–Trinajstić information content (AvgIpc) is 3.08. The van der Waals surface area contributed by atoms with Gasteiger partial charge in [-0.1, -0.05) is 5.16 Å². The number of nitrogens with one attached hydrogen (secondary N) is 1. The zero-order chi connectivity index (χ0) is 17.4. The number of aromatic nitrogens is 2. The molecular formula is C17H20N4O2S. The summed E-state index contributed by atoms with van der Waals surface area (Å²) in [6, 6.07) is 3.76. The Labute approximate surface area is 144 Å². The van der Waals surface area contributed by atoms with E-state index >= 15 is 0 Å². The van der Waals surface area contributed by atoms with E-state index in [-0.39, 0.29) is 11.9 Å². The summed E-state index contributed by atoms with van der Waals surface area (Å²) in [4.78, 5) is 19.6. The number of nitrogens with two attached hydrogens (primary N) is 1. The number of nitrogens with zero attached hydrogens (tertiary/aromatic N) is 2. The highest BCUT2D eigenvalue weighted by Gasteiger charge is 2.21. The number of aryl methyl sites for hydroxylation is 3. The van der Waals surface area contributed by atoms with Crippen LogP contribution in [0.4, 0.5) is 0 Å². The number of carbonyl (C=O) groups excluding carboxylic acids is 1. The smallest absolute Gasteiger partial charge is 0.259 e. The van der Waals surface area contributed by atoms with Gasteiger partial charge in [0.2, 0.25) is 0 Å². The molecule has 6 nitrogen and oxygen atoms in total. The summed E-state index contributed by atoms with van der Waals surface area (Å²) in [5.74, 6) is -0.197. The van der Waals surface area contributed by atoms with Gasteiger partial charge in [0, 0.05) is 27.9 Å². The number of hydrogen-bond acceptors (Lipinski definition) is 6. The van der Waals surface area contributed by atoms with Crippen molar-refractivity contribution >= 4 is 28.3 Å². The Morgan fingerprint density at radius 2 is 2.12 bits per heavy atom. The monoisotopic (exact) mass is 344 g/mol. The van der Waals surface area contributed by atoms with Crippen molar-refractivity contribution in [3.8, 4) is 11.3 Å². The highest BCUT2D eigenvalue weighted by molar-refractivity contribution is 7.12. The van der Waals surface area contributed by atoms with Crippen LogP contribution in [-0.4, -0.2) is 28.6 Å². The third-order valence-electron chi connectivity index (χ3n) is 3.91. The first-order chi connectivity index (χ1) is 11.4. The van der Waals surface area contributed by atoms with E-state index in [0.29, 0.717) is 34.6 Å². The molecule has 3 heterocycles. The molecule has 1 amide bonds. The summed E-state index contributed by atoms with van der Waals surface area (Å²) in [7, 11) is 0. The van der Waals surface area contributed by atoms with Crippen molar-refractivity contribution in [2.45, 2.75) is 33.7 Å². The van der Waals surface area contributed by atoms with Crippen LogP contribution in [0.2, 0.25) is 0 Å². The predicted octanol–water partition coefficient (Wildman–Crippen LogP) is 2.95. The first kappa shape index (κ1) is 16.6. The summed E-state index contributed by atoms with van der Waals surface area (Å²) < 4.78 is 5.32. The maximum absolute atomic E-state index is 12.7. The summed E-state index contributed by atoms with van der Waals surface area (Å²) in [5, 5.41) is 7.50. The Hall–Kier alpha value is -2.25. The van der Waals surface area contributed by atoms with Crippen LogP contribution in [0.3, 0.4) is 0 Å². The van der Waals surface area contributed by atoms with E-state index in [4.69, 9.17) is 10.3 Å². The lowest BCUT2D eigenvalue weighted by Gasteiger charge is -2.12. The van der Waals surface area contributed by atoms with Gasteiger partial charge in [-0.25, -0.2) is 4.98 Å². The van der Waals surface area contributed by atoms with E-state index in [9.17, 15) is 4.79 Å².